The summed E-state index contributed by atoms with van der Waals surface area (Å²) in [7, 11) is 0. The Kier molecular flexibility index (Phi) is 13.2. The molecule has 48 heavy (non-hydrogen) atoms. The number of hydrogen-bond donors (Lipinski definition) is 4. The normalized spacial score (nSPS) is 34.2. The minimum atomic E-state index is -0.558. The van der Waals surface area contributed by atoms with Crippen molar-refractivity contribution < 1.29 is 19.4 Å². The van der Waals surface area contributed by atoms with E-state index in [2.05, 4.69) is 48.5 Å². The third-order valence-corrected chi connectivity index (χ3v) is 13.9. The van der Waals surface area contributed by atoms with Crippen LogP contribution in [0.3, 0.4) is 0 Å². The zero-order chi connectivity index (χ0) is 34.3. The lowest BCUT2D eigenvalue weighted by Gasteiger charge is -2.44. The second kappa shape index (κ2) is 17.0. The molecule has 5 fully saturated rings. The van der Waals surface area contributed by atoms with Gasteiger partial charge in [0.2, 0.25) is 5.91 Å². The molecule has 2 heterocycles. The molecule has 7 nitrogen and oxygen atoms in total. The molecule has 3 amide bonds. The van der Waals surface area contributed by atoms with Gasteiger partial charge >= 0.3 is 6.03 Å². The first kappa shape index (κ1) is 37.5. The summed E-state index contributed by atoms with van der Waals surface area (Å²) in [5.41, 5.74) is 4.11. The van der Waals surface area contributed by atoms with E-state index >= 15 is 0 Å². The van der Waals surface area contributed by atoms with Crippen molar-refractivity contribution >= 4 is 23.7 Å². The minimum Gasteiger partial charge on any atom is -0.390 e. The van der Waals surface area contributed by atoms with E-state index in [0.29, 0.717) is 42.1 Å². The molecule has 0 aromatic heterocycles. The van der Waals surface area contributed by atoms with Gasteiger partial charge < -0.3 is 25.8 Å². The van der Waals surface area contributed by atoms with Gasteiger partial charge in [-0.05, 0) is 126 Å². The molecule has 5 aliphatic rings. The van der Waals surface area contributed by atoms with E-state index in [4.69, 9.17) is 4.74 Å². The molecule has 0 radical (unpaired) electrons. The lowest BCUT2D eigenvalue weighted by atomic mass is 9.60. The smallest absolute Gasteiger partial charge is 0.316 e. The monoisotopic (exact) mass is 683 g/mol. The predicted molar refractivity (Wildman–Crippen MR) is 198 cm³/mol. The van der Waals surface area contributed by atoms with Crippen molar-refractivity contribution in [2.24, 2.45) is 23.2 Å². The second-order valence-electron chi connectivity index (χ2n) is 16.6. The Morgan fingerprint density at radius 2 is 2.00 bits per heavy atom. The number of unbranched alkanes of at least 4 members (excludes halogenated alkanes) is 1. The van der Waals surface area contributed by atoms with Crippen molar-refractivity contribution in [2.45, 2.75) is 165 Å². The molecule has 0 bridgehead atoms. The van der Waals surface area contributed by atoms with E-state index in [-0.39, 0.29) is 29.5 Å². The molecule has 0 spiro atoms. The van der Waals surface area contributed by atoms with E-state index in [1.54, 1.807) is 5.57 Å². The Labute approximate surface area is 295 Å². The third-order valence-electron chi connectivity index (χ3n) is 12.3. The summed E-state index contributed by atoms with van der Waals surface area (Å²) in [4.78, 5) is 23.8. The molecular formula is C40H65N3O4S. The number of aliphatic hydroxyl groups is 1. The Bertz CT molecular complexity index is 1180. The maximum atomic E-state index is 12.4. The Hall–Kier alpha value is -1.77. The zero-order valence-electron chi connectivity index (χ0n) is 30.4. The number of urea groups is 1. The molecule has 3 saturated carbocycles. The standard InChI is InChI=1S/C40H65N3O4S/c1-27-15-18-31(47-24-10-23-41-36(44)14-7-6-13-32-26-35-37(48-32)43-38(45)42-35)25-30(27)17-16-29-12-9-22-40(5)33(19-20-34(29)40)28(2)11-8-21-39(3,4)46/h16-17,28,31-35,37,46H,1,6-15,18-26H2,2-5H3,(H,41,44)(H2,42,43,45)/b29-16+,30-17-/t28-,31+,32+,33-,34+,35-,37+,40-/m1/s1. The molecule has 2 aliphatic heterocycles. The van der Waals surface area contributed by atoms with E-state index in [1.165, 1.54) is 49.7 Å². The number of carbonyl (C=O) groups is 2. The largest absolute Gasteiger partial charge is 0.390 e. The predicted octanol–water partition coefficient (Wildman–Crippen LogP) is 8.34. The fourth-order valence-electron chi connectivity index (χ4n) is 9.65. The van der Waals surface area contributed by atoms with Gasteiger partial charge in [0.25, 0.3) is 0 Å². The average Bonchev–Trinajstić information content (AvgIpc) is 3.68. The van der Waals surface area contributed by atoms with E-state index in [1.807, 2.05) is 25.6 Å². The van der Waals surface area contributed by atoms with E-state index < -0.39 is 5.60 Å². The van der Waals surface area contributed by atoms with Gasteiger partial charge in [-0.15, -0.1) is 11.8 Å². The van der Waals surface area contributed by atoms with Crippen LogP contribution in [0.2, 0.25) is 0 Å². The molecule has 3 aliphatic carbocycles. The Balaban J connectivity index is 0.983. The summed E-state index contributed by atoms with van der Waals surface area (Å²) in [5.74, 6) is 2.32. The highest BCUT2D eigenvalue weighted by atomic mass is 32.2. The van der Waals surface area contributed by atoms with Crippen LogP contribution in [0.15, 0.2) is 35.5 Å². The van der Waals surface area contributed by atoms with Crippen molar-refractivity contribution in [1.82, 2.24) is 16.0 Å². The molecule has 8 heteroatoms. The molecule has 8 atom stereocenters. The van der Waals surface area contributed by atoms with Gasteiger partial charge in [-0.1, -0.05) is 63.0 Å². The van der Waals surface area contributed by atoms with Gasteiger partial charge in [-0.3, -0.25) is 4.79 Å². The van der Waals surface area contributed by atoms with Crippen LogP contribution in [0, 0.1) is 23.2 Å². The lowest BCUT2D eigenvalue weighted by Crippen LogP contribution is -2.36. The van der Waals surface area contributed by atoms with E-state index in [9.17, 15) is 14.7 Å². The summed E-state index contributed by atoms with van der Waals surface area (Å²) >= 11 is 1.86. The number of allylic oxidation sites excluding steroid dienone is 4. The topological polar surface area (TPSA) is 99.7 Å². The van der Waals surface area contributed by atoms with Gasteiger partial charge in [0, 0.05) is 24.8 Å². The summed E-state index contributed by atoms with van der Waals surface area (Å²) in [5, 5.41) is 20.0. The van der Waals surface area contributed by atoms with Crippen LogP contribution in [0.4, 0.5) is 4.79 Å². The quantitative estimate of drug-likeness (QED) is 0.123. The second-order valence-corrected chi connectivity index (χ2v) is 18.1. The Morgan fingerprint density at radius 1 is 1.17 bits per heavy atom. The van der Waals surface area contributed by atoms with Gasteiger partial charge in [0.1, 0.15) is 0 Å². The first-order valence-corrected chi connectivity index (χ1v) is 20.3. The van der Waals surface area contributed by atoms with Crippen molar-refractivity contribution in [3.8, 4) is 0 Å². The van der Waals surface area contributed by atoms with Crippen molar-refractivity contribution in [3.05, 3.63) is 35.5 Å². The average molecular weight is 684 g/mol. The summed E-state index contributed by atoms with van der Waals surface area (Å²) in [6.07, 6.45) is 23.3. The maximum absolute atomic E-state index is 12.4. The maximum Gasteiger partial charge on any atom is 0.316 e. The van der Waals surface area contributed by atoms with Crippen LogP contribution in [0.1, 0.15) is 137 Å². The van der Waals surface area contributed by atoms with Gasteiger partial charge in [0.05, 0.1) is 23.1 Å². The van der Waals surface area contributed by atoms with Crippen LogP contribution in [-0.2, 0) is 9.53 Å². The number of thioether (sulfide) groups is 1. The zero-order valence-corrected chi connectivity index (χ0v) is 31.2. The number of amides is 3. The fraction of sp³-hybridized carbons (Fsp3) is 0.800. The van der Waals surface area contributed by atoms with Crippen molar-refractivity contribution in [2.75, 3.05) is 13.2 Å². The van der Waals surface area contributed by atoms with Crippen LogP contribution >= 0.6 is 11.8 Å². The van der Waals surface area contributed by atoms with Crippen molar-refractivity contribution in [1.29, 1.82) is 0 Å². The first-order valence-electron chi connectivity index (χ1n) is 19.3. The third kappa shape index (κ3) is 10.2. The van der Waals surface area contributed by atoms with Gasteiger partial charge in [-0.2, -0.15) is 0 Å². The summed E-state index contributed by atoms with van der Waals surface area (Å²) in [6.45, 7) is 14.7. The summed E-state index contributed by atoms with van der Waals surface area (Å²) < 4.78 is 6.30. The number of rotatable bonds is 16. The first-order chi connectivity index (χ1) is 22.9. The molecule has 270 valence electrons. The number of fused-ring (bicyclic) bond motifs is 2. The molecule has 0 unspecified atom stereocenters. The summed E-state index contributed by atoms with van der Waals surface area (Å²) in [6, 6.07) is 0.222. The highest BCUT2D eigenvalue weighted by Crippen LogP contribution is 2.60. The highest BCUT2D eigenvalue weighted by Gasteiger charge is 2.50. The van der Waals surface area contributed by atoms with Crippen LogP contribution in [-0.4, -0.2) is 58.6 Å². The Morgan fingerprint density at radius 3 is 2.79 bits per heavy atom. The molecule has 5 rings (SSSR count). The van der Waals surface area contributed by atoms with Crippen molar-refractivity contribution in [3.63, 3.8) is 0 Å². The van der Waals surface area contributed by atoms with Crippen LogP contribution < -0.4 is 16.0 Å². The van der Waals surface area contributed by atoms with Gasteiger partial charge in [-0.25, -0.2) is 4.79 Å². The number of carbonyl (C=O) groups excluding carboxylic acids is 2. The minimum absolute atomic E-state index is 0.0428. The fourth-order valence-corrected chi connectivity index (χ4v) is 11.2. The number of nitrogens with one attached hydrogen (secondary N) is 3. The SMILES string of the molecule is C=C1CC[C@H](OCCCNC(=O)CCCC[C@H]2C[C@H]3NC(=O)N[C@H]3S2)C/C1=C/C=C1\CCC[C@]2(C)[C@@H]([C@H](C)CCCC(C)(C)O)CC[C@@H]12. The lowest BCUT2D eigenvalue weighted by molar-refractivity contribution is -0.121. The molecule has 4 N–H and O–H groups in total. The van der Waals surface area contributed by atoms with E-state index in [0.717, 1.165) is 70.1 Å². The molecule has 2 saturated heterocycles. The van der Waals surface area contributed by atoms with Gasteiger partial charge in [0.15, 0.2) is 0 Å². The number of hydrogen-bond acceptors (Lipinski definition) is 5. The van der Waals surface area contributed by atoms with Crippen LogP contribution in [0.25, 0.3) is 0 Å². The number of ether oxygens (including phenoxy) is 1. The van der Waals surface area contributed by atoms with Crippen LogP contribution in [0.5, 0.6) is 0 Å². The molecule has 0 aromatic carbocycles. The molecule has 0 aromatic rings. The highest BCUT2D eigenvalue weighted by molar-refractivity contribution is 8.00. The molecular weight excluding hydrogens is 619 g/mol.